The molecule has 2 aromatic carbocycles. The van der Waals surface area contributed by atoms with Crippen molar-refractivity contribution >= 4 is 27.5 Å². The summed E-state index contributed by atoms with van der Waals surface area (Å²) in [5.41, 5.74) is -0.263. The lowest BCUT2D eigenvalue weighted by molar-refractivity contribution is -0.137. The lowest BCUT2D eigenvalue weighted by atomic mass is 10.1. The Bertz CT molecular complexity index is 1070. The second-order valence-corrected chi connectivity index (χ2v) is 8.87. The summed E-state index contributed by atoms with van der Waals surface area (Å²) in [6.07, 6.45) is -1.35. The van der Waals surface area contributed by atoms with Crippen LogP contribution in [0.5, 0.6) is 0 Å². The Hall–Kier alpha value is -2.88. The fourth-order valence-electron chi connectivity index (χ4n) is 3.14. The van der Waals surface area contributed by atoms with E-state index in [9.17, 15) is 26.4 Å². The van der Waals surface area contributed by atoms with E-state index in [0.717, 1.165) is 31.4 Å². The standard InChI is InChI=1S/C21H22F3N3O3S/c22-21(23,24)16-6-4-5-15(13-16)14-20(28)26-17-8-10-18(11-9-17)31(29,30)27-19-7-2-1-3-12-25-19/h4-6,8-11,13H,1-3,7,12,14H2,(H,25,27)(H,26,28). The number of hydrogen-bond acceptors (Lipinski definition) is 4. The molecule has 0 fully saturated rings. The van der Waals surface area contributed by atoms with E-state index in [1.54, 1.807) is 0 Å². The molecule has 0 bridgehead atoms. The summed E-state index contributed by atoms with van der Waals surface area (Å²) < 4.78 is 65.9. The molecule has 0 unspecified atom stereocenters. The zero-order valence-electron chi connectivity index (χ0n) is 16.6. The molecule has 1 heterocycles. The highest BCUT2D eigenvalue weighted by atomic mass is 32.2. The molecular weight excluding hydrogens is 431 g/mol. The van der Waals surface area contributed by atoms with Crippen LogP contribution >= 0.6 is 0 Å². The normalized spacial score (nSPS) is 15.0. The first-order valence-corrected chi connectivity index (χ1v) is 11.2. The van der Waals surface area contributed by atoms with Gasteiger partial charge in [0.25, 0.3) is 10.0 Å². The number of carbonyl (C=O) groups is 1. The molecule has 166 valence electrons. The molecule has 1 aliphatic heterocycles. The van der Waals surface area contributed by atoms with Crippen LogP contribution in [0, 0.1) is 0 Å². The number of amidine groups is 1. The van der Waals surface area contributed by atoms with Crippen molar-refractivity contribution in [3.8, 4) is 0 Å². The van der Waals surface area contributed by atoms with Gasteiger partial charge in [-0.1, -0.05) is 24.6 Å². The molecule has 1 aliphatic rings. The maximum atomic E-state index is 12.8. The number of aliphatic imine (C=N–C) groups is 1. The third kappa shape index (κ3) is 6.55. The molecule has 0 atom stereocenters. The minimum Gasteiger partial charge on any atom is -0.326 e. The van der Waals surface area contributed by atoms with Crippen LogP contribution in [0.3, 0.4) is 0 Å². The first kappa shape index (κ1) is 22.8. The van der Waals surface area contributed by atoms with Gasteiger partial charge >= 0.3 is 6.18 Å². The summed E-state index contributed by atoms with van der Waals surface area (Å²) >= 11 is 0. The fourth-order valence-corrected chi connectivity index (χ4v) is 4.23. The summed E-state index contributed by atoms with van der Waals surface area (Å²) in [4.78, 5) is 16.5. The van der Waals surface area contributed by atoms with Crippen LogP contribution in [-0.2, 0) is 27.4 Å². The van der Waals surface area contributed by atoms with E-state index in [1.807, 2.05) is 0 Å². The quantitative estimate of drug-likeness (QED) is 0.713. The fraction of sp³-hybridized carbons (Fsp3) is 0.333. The Kier molecular flexibility index (Phi) is 6.99. The van der Waals surface area contributed by atoms with Gasteiger partial charge < -0.3 is 5.32 Å². The van der Waals surface area contributed by atoms with Crippen molar-refractivity contribution in [3.63, 3.8) is 0 Å². The van der Waals surface area contributed by atoms with Gasteiger partial charge in [0, 0.05) is 18.7 Å². The number of carbonyl (C=O) groups excluding carboxylic acids is 1. The number of sulfonamides is 1. The maximum Gasteiger partial charge on any atom is 0.416 e. The van der Waals surface area contributed by atoms with Gasteiger partial charge in [-0.05, 0) is 48.7 Å². The largest absolute Gasteiger partial charge is 0.416 e. The summed E-state index contributed by atoms with van der Waals surface area (Å²) in [7, 11) is -3.79. The summed E-state index contributed by atoms with van der Waals surface area (Å²) in [6, 6.07) is 10.1. The number of nitrogens with zero attached hydrogens (tertiary/aromatic N) is 1. The minimum atomic E-state index is -4.48. The molecule has 6 nitrogen and oxygen atoms in total. The third-order valence-electron chi connectivity index (χ3n) is 4.69. The van der Waals surface area contributed by atoms with E-state index < -0.39 is 27.7 Å². The van der Waals surface area contributed by atoms with Crippen molar-refractivity contribution in [2.75, 3.05) is 11.9 Å². The van der Waals surface area contributed by atoms with Crippen LogP contribution in [-0.4, -0.2) is 26.7 Å². The average Bonchev–Trinajstić information content (AvgIpc) is 2.96. The highest BCUT2D eigenvalue weighted by molar-refractivity contribution is 7.90. The van der Waals surface area contributed by atoms with Crippen LogP contribution in [0.2, 0.25) is 0 Å². The number of hydrogen-bond donors (Lipinski definition) is 2. The monoisotopic (exact) mass is 453 g/mol. The van der Waals surface area contributed by atoms with Crippen molar-refractivity contribution in [2.45, 2.75) is 43.2 Å². The van der Waals surface area contributed by atoms with E-state index in [1.165, 1.54) is 36.4 Å². The van der Waals surface area contributed by atoms with Gasteiger partial charge in [-0.15, -0.1) is 0 Å². The number of alkyl halides is 3. The smallest absolute Gasteiger partial charge is 0.326 e. The van der Waals surface area contributed by atoms with Gasteiger partial charge in [0.15, 0.2) is 0 Å². The van der Waals surface area contributed by atoms with Crippen LogP contribution in [0.1, 0.15) is 36.8 Å². The molecule has 0 spiro atoms. The summed E-state index contributed by atoms with van der Waals surface area (Å²) in [6.45, 7) is 0.592. The predicted octanol–water partition coefficient (Wildman–Crippen LogP) is 4.14. The molecule has 0 radical (unpaired) electrons. The Labute approximate surface area is 178 Å². The number of benzene rings is 2. The van der Waals surface area contributed by atoms with Crippen molar-refractivity contribution in [2.24, 2.45) is 4.99 Å². The highest BCUT2D eigenvalue weighted by Crippen LogP contribution is 2.29. The van der Waals surface area contributed by atoms with Gasteiger partial charge in [-0.3, -0.25) is 14.5 Å². The van der Waals surface area contributed by atoms with Gasteiger partial charge in [0.1, 0.15) is 5.84 Å². The second-order valence-electron chi connectivity index (χ2n) is 7.19. The van der Waals surface area contributed by atoms with Crippen molar-refractivity contribution in [1.29, 1.82) is 0 Å². The Balaban J connectivity index is 1.62. The van der Waals surface area contributed by atoms with Crippen LogP contribution < -0.4 is 10.0 Å². The number of anilines is 1. The summed E-state index contributed by atoms with van der Waals surface area (Å²) in [5.74, 6) is -0.0724. The predicted molar refractivity (Wildman–Crippen MR) is 111 cm³/mol. The summed E-state index contributed by atoms with van der Waals surface area (Å²) in [5, 5.41) is 2.56. The molecule has 2 aromatic rings. The topological polar surface area (TPSA) is 87.6 Å². The average molecular weight is 453 g/mol. The molecule has 31 heavy (non-hydrogen) atoms. The number of nitrogens with one attached hydrogen (secondary N) is 2. The molecule has 0 saturated carbocycles. The van der Waals surface area contributed by atoms with E-state index in [-0.39, 0.29) is 16.9 Å². The molecule has 0 saturated heterocycles. The highest BCUT2D eigenvalue weighted by Gasteiger charge is 2.30. The lowest BCUT2D eigenvalue weighted by Gasteiger charge is -2.11. The Morgan fingerprint density at radius 1 is 1.03 bits per heavy atom. The molecular formula is C21H22F3N3O3S. The number of amides is 1. The van der Waals surface area contributed by atoms with E-state index in [2.05, 4.69) is 15.0 Å². The molecule has 2 N–H and O–H groups in total. The molecule has 3 rings (SSSR count). The van der Waals surface area contributed by atoms with Gasteiger partial charge in [0.2, 0.25) is 5.91 Å². The molecule has 1 amide bonds. The van der Waals surface area contributed by atoms with Crippen molar-refractivity contribution in [3.05, 3.63) is 59.7 Å². The van der Waals surface area contributed by atoms with Gasteiger partial charge in [0.05, 0.1) is 16.9 Å². The van der Waals surface area contributed by atoms with E-state index in [4.69, 9.17) is 0 Å². The first-order valence-electron chi connectivity index (χ1n) is 9.76. The molecule has 10 heteroatoms. The minimum absolute atomic E-state index is 0.0234. The van der Waals surface area contributed by atoms with Crippen molar-refractivity contribution in [1.82, 2.24) is 4.72 Å². The zero-order valence-corrected chi connectivity index (χ0v) is 17.4. The lowest BCUT2D eigenvalue weighted by Crippen LogP contribution is -2.30. The third-order valence-corrected chi connectivity index (χ3v) is 6.09. The Morgan fingerprint density at radius 2 is 1.77 bits per heavy atom. The molecule has 0 aliphatic carbocycles. The SMILES string of the molecule is O=C(Cc1cccc(C(F)(F)F)c1)Nc1ccc(S(=O)(=O)NC2=NCCCCC2)cc1. The van der Waals surface area contributed by atoms with Crippen molar-refractivity contribution < 1.29 is 26.4 Å². The van der Waals surface area contributed by atoms with E-state index in [0.29, 0.717) is 24.5 Å². The van der Waals surface area contributed by atoms with E-state index >= 15 is 0 Å². The van der Waals surface area contributed by atoms with Gasteiger partial charge in [-0.2, -0.15) is 13.2 Å². The number of rotatable bonds is 5. The van der Waals surface area contributed by atoms with Crippen LogP contribution in [0.15, 0.2) is 58.4 Å². The maximum absolute atomic E-state index is 12.8. The van der Waals surface area contributed by atoms with Gasteiger partial charge in [-0.25, -0.2) is 8.42 Å². The zero-order chi connectivity index (χ0) is 22.5. The molecule has 0 aromatic heterocycles. The van der Waals surface area contributed by atoms with Crippen LogP contribution in [0.4, 0.5) is 18.9 Å². The number of halogens is 3. The van der Waals surface area contributed by atoms with Crippen LogP contribution in [0.25, 0.3) is 0 Å². The Morgan fingerprint density at radius 3 is 2.48 bits per heavy atom. The second kappa shape index (κ2) is 9.51. The first-order chi connectivity index (χ1) is 14.6.